The molecule has 190 valence electrons. The number of likely N-dealkylation sites (N-methyl/N-ethyl adjacent to an activating group) is 1. The van der Waals surface area contributed by atoms with Gasteiger partial charge in [-0.3, -0.25) is 9.48 Å². The van der Waals surface area contributed by atoms with Crippen LogP contribution in [0.15, 0.2) is 42.7 Å². The van der Waals surface area contributed by atoms with Crippen molar-refractivity contribution in [2.75, 3.05) is 19.3 Å². The molecule has 1 saturated carbocycles. The van der Waals surface area contributed by atoms with Crippen molar-refractivity contribution in [3.05, 3.63) is 81.1 Å². The number of rotatable bonds is 3. The fourth-order valence-electron chi connectivity index (χ4n) is 5.00. The van der Waals surface area contributed by atoms with Crippen molar-refractivity contribution in [2.45, 2.75) is 38.1 Å². The van der Waals surface area contributed by atoms with Crippen LogP contribution in [0.25, 0.3) is 10.9 Å². The Kier molecular flexibility index (Phi) is 4.60. The van der Waals surface area contributed by atoms with E-state index in [0.717, 1.165) is 34.4 Å². The first kappa shape index (κ1) is 20.0. The predicted molar refractivity (Wildman–Crippen MR) is 143 cm³/mol. The number of nitrogens with two attached hydrogens (primary N) is 1. The molecule has 8 nitrogen and oxygen atoms in total. The van der Waals surface area contributed by atoms with E-state index in [0.29, 0.717) is 52.9 Å². The Morgan fingerprint density at radius 3 is 2.89 bits per heavy atom. The number of aromatic nitrogens is 3. The minimum absolute atomic E-state index is 0.0168. The summed E-state index contributed by atoms with van der Waals surface area (Å²) in [5.74, 6) is 6.33. The number of halogens is 1. The van der Waals surface area contributed by atoms with Crippen LogP contribution in [0, 0.1) is 11.8 Å². The standard InChI is InChI=1S/C29H24ClN5O3/c1-34(29(36)21-9-20-22-13-37-14-23(22)28(31)33-25(20)10-24(21)30)26-15-38-27-8-16(4-7-19(26)27)2-3-17-11-32-35(12-17)18-5-6-18/h4,7-12,18,26H,5-6,13-15H2,1H3,(H2,31,33)/t26-/m1/s1/i1D3. The van der Waals surface area contributed by atoms with Gasteiger partial charge >= 0.3 is 0 Å². The maximum Gasteiger partial charge on any atom is 0.255 e. The Morgan fingerprint density at radius 1 is 1.21 bits per heavy atom. The number of fused-ring (bicyclic) bond motifs is 4. The summed E-state index contributed by atoms with van der Waals surface area (Å²) in [7, 11) is 0. The van der Waals surface area contributed by atoms with Crippen molar-refractivity contribution in [3.8, 4) is 17.6 Å². The zero-order chi connectivity index (χ0) is 28.5. The molecule has 0 saturated heterocycles. The summed E-state index contributed by atoms with van der Waals surface area (Å²) < 4.78 is 38.2. The zero-order valence-electron chi connectivity index (χ0n) is 23.2. The average molecular weight is 529 g/mol. The third-order valence-electron chi connectivity index (χ3n) is 7.22. The zero-order valence-corrected chi connectivity index (χ0v) is 21.0. The van der Waals surface area contributed by atoms with Crippen molar-refractivity contribution in [1.29, 1.82) is 0 Å². The second-order valence-corrected chi connectivity index (χ2v) is 10.1. The molecule has 0 bridgehead atoms. The highest BCUT2D eigenvalue weighted by atomic mass is 35.5. The molecule has 2 N–H and O–H groups in total. The fourth-order valence-corrected chi connectivity index (χ4v) is 5.24. The Hall–Kier alpha value is -4.06. The molecule has 1 aliphatic carbocycles. The van der Waals surface area contributed by atoms with Crippen LogP contribution in [0.1, 0.15) is 67.2 Å². The Balaban J connectivity index is 1.21. The number of pyridine rings is 1. The topological polar surface area (TPSA) is 95.5 Å². The van der Waals surface area contributed by atoms with Crippen LogP contribution in [-0.4, -0.2) is 39.2 Å². The van der Waals surface area contributed by atoms with E-state index < -0.39 is 18.9 Å². The Morgan fingerprint density at radius 2 is 2.05 bits per heavy atom. The van der Waals surface area contributed by atoms with Crippen molar-refractivity contribution in [3.63, 3.8) is 0 Å². The van der Waals surface area contributed by atoms with Gasteiger partial charge in [-0.25, -0.2) is 4.98 Å². The van der Waals surface area contributed by atoms with E-state index >= 15 is 0 Å². The summed E-state index contributed by atoms with van der Waals surface area (Å²) in [5.41, 5.74) is 10.3. The molecule has 0 spiro atoms. The lowest BCUT2D eigenvalue weighted by Gasteiger charge is -2.24. The quantitative estimate of drug-likeness (QED) is 0.389. The second-order valence-electron chi connectivity index (χ2n) is 9.74. The van der Waals surface area contributed by atoms with Gasteiger partial charge in [0, 0.05) is 39.4 Å². The highest BCUT2D eigenvalue weighted by Gasteiger charge is 2.32. The van der Waals surface area contributed by atoms with Crippen molar-refractivity contribution in [1.82, 2.24) is 19.7 Å². The van der Waals surface area contributed by atoms with E-state index in [1.807, 2.05) is 10.9 Å². The minimum Gasteiger partial charge on any atom is -0.491 e. The molecule has 1 fully saturated rings. The molecule has 38 heavy (non-hydrogen) atoms. The van der Waals surface area contributed by atoms with Crippen molar-refractivity contribution < 1.29 is 18.4 Å². The van der Waals surface area contributed by atoms with Crippen LogP contribution >= 0.6 is 11.6 Å². The maximum atomic E-state index is 13.9. The molecule has 2 aromatic carbocycles. The number of ether oxygens (including phenoxy) is 2. The molecule has 1 atom stereocenters. The number of carbonyl (C=O) groups is 1. The molecule has 2 aromatic heterocycles. The summed E-state index contributed by atoms with van der Waals surface area (Å²) >= 11 is 6.54. The Labute approximate surface area is 228 Å². The predicted octanol–water partition coefficient (Wildman–Crippen LogP) is 4.64. The van der Waals surface area contributed by atoms with Gasteiger partial charge in [0.25, 0.3) is 5.91 Å². The lowest BCUT2D eigenvalue weighted by molar-refractivity contribution is 0.0709. The number of carbonyl (C=O) groups excluding carboxylic acids is 1. The normalized spacial score (nSPS) is 19.0. The van der Waals surface area contributed by atoms with Gasteiger partial charge in [-0.15, -0.1) is 0 Å². The third-order valence-corrected chi connectivity index (χ3v) is 7.53. The average Bonchev–Trinajstić information content (AvgIpc) is 3.30. The van der Waals surface area contributed by atoms with Crippen molar-refractivity contribution in [2.24, 2.45) is 0 Å². The molecule has 4 heterocycles. The van der Waals surface area contributed by atoms with Crippen LogP contribution in [0.4, 0.5) is 5.82 Å². The van der Waals surface area contributed by atoms with E-state index in [9.17, 15) is 4.79 Å². The third kappa shape index (κ3) is 3.87. The van der Waals surface area contributed by atoms with Gasteiger partial charge in [-0.2, -0.15) is 5.10 Å². The van der Waals surface area contributed by atoms with Gasteiger partial charge in [0.2, 0.25) is 0 Å². The first-order chi connectivity index (χ1) is 19.7. The van der Waals surface area contributed by atoms with E-state index in [1.165, 1.54) is 6.07 Å². The molecule has 1 amide bonds. The van der Waals surface area contributed by atoms with E-state index in [4.69, 9.17) is 30.9 Å². The molecular weight excluding hydrogens is 502 g/mol. The minimum atomic E-state index is -2.77. The molecule has 2 aliphatic heterocycles. The largest absolute Gasteiger partial charge is 0.491 e. The second kappa shape index (κ2) is 8.76. The van der Waals surface area contributed by atoms with Crippen LogP contribution in [-0.2, 0) is 18.0 Å². The summed E-state index contributed by atoms with van der Waals surface area (Å²) in [6.07, 6.45) is 5.97. The van der Waals surface area contributed by atoms with Gasteiger partial charge in [0.15, 0.2) is 0 Å². The van der Waals surface area contributed by atoms with E-state index in [2.05, 4.69) is 21.9 Å². The molecular formula is C29H24ClN5O3. The van der Waals surface area contributed by atoms with Gasteiger partial charge in [-0.05, 0) is 42.7 Å². The van der Waals surface area contributed by atoms with E-state index in [1.54, 1.807) is 30.5 Å². The van der Waals surface area contributed by atoms with Crippen molar-refractivity contribution >= 4 is 34.2 Å². The van der Waals surface area contributed by atoms with Crippen LogP contribution in [0.5, 0.6) is 5.75 Å². The van der Waals surface area contributed by atoms with Gasteiger partial charge in [-0.1, -0.05) is 29.5 Å². The number of benzene rings is 2. The summed E-state index contributed by atoms with van der Waals surface area (Å²) in [6, 6.07) is 8.06. The van der Waals surface area contributed by atoms with Gasteiger partial charge in [0.1, 0.15) is 18.2 Å². The number of hydrogen-bond acceptors (Lipinski definition) is 6. The molecule has 4 aromatic rings. The highest BCUT2D eigenvalue weighted by Crippen LogP contribution is 2.39. The lowest BCUT2D eigenvalue weighted by Crippen LogP contribution is -2.32. The number of anilines is 1. The van der Waals surface area contributed by atoms with Crippen LogP contribution in [0.2, 0.25) is 5.02 Å². The SMILES string of the molecule is [2H]C([2H])([2H])N(C(=O)c1cc2c3c(c(N)nc2cc1Cl)COC3)[C@@H]1COc2cc(C#Cc3cnn(C4CC4)c3)ccc21. The molecule has 0 unspecified atom stereocenters. The lowest BCUT2D eigenvalue weighted by atomic mass is 10.0. The molecule has 0 radical (unpaired) electrons. The number of amides is 1. The summed E-state index contributed by atoms with van der Waals surface area (Å²) in [4.78, 5) is 19.2. The monoisotopic (exact) mass is 528 g/mol. The summed E-state index contributed by atoms with van der Waals surface area (Å²) in [6.45, 7) is -2.15. The van der Waals surface area contributed by atoms with E-state index in [-0.39, 0.29) is 17.2 Å². The molecule has 9 heteroatoms. The smallest absolute Gasteiger partial charge is 0.255 e. The number of nitrogens with zero attached hydrogens (tertiary/aromatic N) is 4. The van der Waals surface area contributed by atoms with Gasteiger partial charge < -0.3 is 20.1 Å². The highest BCUT2D eigenvalue weighted by molar-refractivity contribution is 6.34. The van der Waals surface area contributed by atoms with Crippen LogP contribution in [0.3, 0.4) is 0 Å². The summed E-state index contributed by atoms with van der Waals surface area (Å²) in [5, 5.41) is 5.09. The molecule has 3 aliphatic rings. The first-order valence-corrected chi connectivity index (χ1v) is 12.7. The fraction of sp³-hybridized carbons (Fsp3) is 0.276. The first-order valence-electron chi connectivity index (χ1n) is 13.8. The Bertz CT molecular complexity index is 1810. The molecule has 7 rings (SSSR count). The maximum absolute atomic E-state index is 13.9. The van der Waals surface area contributed by atoms with Gasteiger partial charge in [0.05, 0.1) is 53.2 Å². The number of hydrogen-bond donors (Lipinski definition) is 1. The van der Waals surface area contributed by atoms with Crippen LogP contribution < -0.4 is 10.5 Å². The number of nitrogen functional groups attached to an aromatic ring is 1.